The highest BCUT2D eigenvalue weighted by Gasteiger charge is 2.39. The summed E-state index contributed by atoms with van der Waals surface area (Å²) in [6.45, 7) is 2.19. The van der Waals surface area contributed by atoms with Gasteiger partial charge < -0.3 is 4.74 Å². The van der Waals surface area contributed by atoms with Crippen LogP contribution in [0, 0.1) is 0 Å². The van der Waals surface area contributed by atoms with Crippen molar-refractivity contribution in [3.05, 3.63) is 0 Å². The van der Waals surface area contributed by atoms with Gasteiger partial charge in [-0.1, -0.05) is 32.6 Å². The molecule has 0 bridgehead atoms. The molecule has 1 heterocycles. The molecule has 0 aromatic heterocycles. The Morgan fingerprint density at radius 1 is 1.36 bits per heavy atom. The van der Waals surface area contributed by atoms with E-state index in [9.17, 15) is 0 Å². The zero-order chi connectivity index (χ0) is 8.10. The molecule has 1 aliphatic heterocycles. The van der Waals surface area contributed by atoms with Crippen LogP contribution in [-0.2, 0) is 9.62 Å². The Kier molecular flexibility index (Phi) is 3.83. The number of ether oxygens (including phenoxy) is 1. The maximum Gasteiger partial charge on any atom is 0.217 e. The second-order valence-electron chi connectivity index (χ2n) is 3.00. The Hall–Kier alpha value is -0.120. The van der Waals surface area contributed by atoms with E-state index < -0.39 is 0 Å². The average Bonchev–Trinajstić information content (AvgIpc) is 2.77. The summed E-state index contributed by atoms with van der Waals surface area (Å²) in [5.74, 6) is 0. The Morgan fingerprint density at radius 2 is 2.18 bits per heavy atom. The minimum absolute atomic E-state index is 0.164. The standard InChI is InChI=1S/C8H16O3/c1-2-3-4-5-6-7-8(10-7)11-9/h7-9H,2-6H2,1H3. The van der Waals surface area contributed by atoms with Crippen molar-refractivity contribution in [2.45, 2.75) is 51.4 Å². The summed E-state index contributed by atoms with van der Waals surface area (Å²) in [5, 5.41) is 8.15. The fourth-order valence-electron chi connectivity index (χ4n) is 1.20. The van der Waals surface area contributed by atoms with Crippen LogP contribution in [0.25, 0.3) is 0 Å². The van der Waals surface area contributed by atoms with Gasteiger partial charge in [-0.15, -0.1) is 0 Å². The molecule has 0 aliphatic carbocycles. The van der Waals surface area contributed by atoms with E-state index in [4.69, 9.17) is 9.99 Å². The summed E-state index contributed by atoms with van der Waals surface area (Å²) in [7, 11) is 0. The zero-order valence-electron chi connectivity index (χ0n) is 6.95. The summed E-state index contributed by atoms with van der Waals surface area (Å²) < 4.78 is 4.97. The van der Waals surface area contributed by atoms with E-state index in [1.165, 1.54) is 25.7 Å². The van der Waals surface area contributed by atoms with Crippen LogP contribution in [0.5, 0.6) is 0 Å². The van der Waals surface area contributed by atoms with Gasteiger partial charge in [0.25, 0.3) is 0 Å². The molecular weight excluding hydrogens is 144 g/mol. The molecule has 2 atom stereocenters. The first-order valence-electron chi connectivity index (χ1n) is 4.34. The van der Waals surface area contributed by atoms with Crippen molar-refractivity contribution in [3.8, 4) is 0 Å². The van der Waals surface area contributed by atoms with Crippen molar-refractivity contribution in [1.82, 2.24) is 0 Å². The minimum Gasteiger partial charge on any atom is -0.339 e. The third-order valence-corrected chi connectivity index (χ3v) is 1.98. The molecule has 3 heteroatoms. The van der Waals surface area contributed by atoms with E-state index in [1.54, 1.807) is 0 Å². The highest BCUT2D eigenvalue weighted by Crippen LogP contribution is 2.27. The van der Waals surface area contributed by atoms with Gasteiger partial charge in [-0.3, -0.25) is 0 Å². The smallest absolute Gasteiger partial charge is 0.217 e. The number of rotatable bonds is 6. The van der Waals surface area contributed by atoms with Gasteiger partial charge in [0.1, 0.15) is 6.10 Å². The maximum absolute atomic E-state index is 8.15. The van der Waals surface area contributed by atoms with Crippen molar-refractivity contribution in [1.29, 1.82) is 0 Å². The van der Waals surface area contributed by atoms with Crippen LogP contribution in [0.2, 0.25) is 0 Å². The van der Waals surface area contributed by atoms with Crippen molar-refractivity contribution in [3.63, 3.8) is 0 Å². The van der Waals surface area contributed by atoms with E-state index in [0.717, 1.165) is 6.42 Å². The topological polar surface area (TPSA) is 42.0 Å². The fraction of sp³-hybridized carbons (Fsp3) is 1.00. The molecule has 1 rings (SSSR count). The fourth-order valence-corrected chi connectivity index (χ4v) is 1.20. The van der Waals surface area contributed by atoms with Crippen molar-refractivity contribution in [2.24, 2.45) is 0 Å². The summed E-state index contributed by atoms with van der Waals surface area (Å²) in [4.78, 5) is 4.01. The van der Waals surface area contributed by atoms with Crippen LogP contribution < -0.4 is 0 Å². The predicted octanol–water partition coefficient (Wildman–Crippen LogP) is 2.17. The second kappa shape index (κ2) is 4.70. The SMILES string of the molecule is CCCCCCC1OC1OO. The lowest BCUT2D eigenvalue weighted by Crippen LogP contribution is -1.95. The zero-order valence-corrected chi connectivity index (χ0v) is 6.95. The molecule has 1 aliphatic rings. The van der Waals surface area contributed by atoms with Gasteiger partial charge in [-0.25, -0.2) is 10.1 Å². The summed E-state index contributed by atoms with van der Waals surface area (Å²) >= 11 is 0. The van der Waals surface area contributed by atoms with Crippen LogP contribution in [0.1, 0.15) is 39.0 Å². The third kappa shape index (κ3) is 3.18. The van der Waals surface area contributed by atoms with Gasteiger partial charge in [-0.05, 0) is 6.42 Å². The minimum atomic E-state index is -0.323. The van der Waals surface area contributed by atoms with Crippen LogP contribution in [0.15, 0.2) is 0 Å². The molecule has 1 fully saturated rings. The van der Waals surface area contributed by atoms with E-state index in [2.05, 4.69) is 11.8 Å². The average molecular weight is 160 g/mol. The van der Waals surface area contributed by atoms with Crippen LogP contribution in [-0.4, -0.2) is 17.7 Å². The lowest BCUT2D eigenvalue weighted by molar-refractivity contribution is -0.274. The van der Waals surface area contributed by atoms with Crippen LogP contribution in [0.4, 0.5) is 0 Å². The molecule has 0 spiro atoms. The third-order valence-electron chi connectivity index (χ3n) is 1.98. The molecule has 3 nitrogen and oxygen atoms in total. The van der Waals surface area contributed by atoms with Gasteiger partial charge in [0, 0.05) is 0 Å². The Balaban J connectivity index is 1.82. The monoisotopic (exact) mass is 160 g/mol. The lowest BCUT2D eigenvalue weighted by Gasteiger charge is -1.94. The molecule has 66 valence electrons. The van der Waals surface area contributed by atoms with Gasteiger partial charge in [0.05, 0.1) is 0 Å². The van der Waals surface area contributed by atoms with Gasteiger partial charge in [-0.2, -0.15) is 0 Å². The molecule has 0 aromatic rings. The van der Waals surface area contributed by atoms with Gasteiger partial charge in [0.15, 0.2) is 0 Å². The van der Waals surface area contributed by atoms with E-state index in [-0.39, 0.29) is 12.4 Å². The number of epoxide rings is 1. The molecule has 2 unspecified atom stereocenters. The normalized spacial score (nSPS) is 28.9. The number of unbranched alkanes of at least 4 members (excludes halogenated alkanes) is 3. The summed E-state index contributed by atoms with van der Waals surface area (Å²) in [5.41, 5.74) is 0. The Morgan fingerprint density at radius 3 is 2.73 bits per heavy atom. The van der Waals surface area contributed by atoms with Crippen molar-refractivity contribution in [2.75, 3.05) is 0 Å². The molecule has 1 N–H and O–H groups in total. The van der Waals surface area contributed by atoms with E-state index in [1.807, 2.05) is 0 Å². The van der Waals surface area contributed by atoms with Gasteiger partial charge >= 0.3 is 0 Å². The molecule has 0 aromatic carbocycles. The first-order valence-corrected chi connectivity index (χ1v) is 4.34. The Bertz CT molecular complexity index is 106. The Labute approximate surface area is 67.2 Å². The molecule has 11 heavy (non-hydrogen) atoms. The van der Waals surface area contributed by atoms with Crippen LogP contribution in [0.3, 0.4) is 0 Å². The first-order chi connectivity index (χ1) is 5.38. The largest absolute Gasteiger partial charge is 0.339 e. The van der Waals surface area contributed by atoms with Gasteiger partial charge in [0.2, 0.25) is 6.29 Å². The summed E-state index contributed by atoms with van der Waals surface area (Å²) in [6, 6.07) is 0. The molecular formula is C8H16O3. The molecule has 0 saturated carbocycles. The molecule has 0 radical (unpaired) electrons. The predicted molar refractivity (Wildman–Crippen MR) is 41.1 cm³/mol. The summed E-state index contributed by atoms with van der Waals surface area (Å²) in [6.07, 6.45) is 5.84. The highest BCUT2D eigenvalue weighted by atomic mass is 17.2. The highest BCUT2D eigenvalue weighted by molar-refractivity contribution is 4.75. The van der Waals surface area contributed by atoms with Crippen molar-refractivity contribution >= 4 is 0 Å². The number of hydrogen-bond donors (Lipinski definition) is 1. The first kappa shape index (κ1) is 8.97. The second-order valence-corrected chi connectivity index (χ2v) is 3.00. The van der Waals surface area contributed by atoms with Crippen molar-refractivity contribution < 1.29 is 14.9 Å². The lowest BCUT2D eigenvalue weighted by atomic mass is 10.1. The van der Waals surface area contributed by atoms with Crippen LogP contribution >= 0.6 is 0 Å². The van der Waals surface area contributed by atoms with E-state index >= 15 is 0 Å². The number of hydrogen-bond acceptors (Lipinski definition) is 3. The maximum atomic E-state index is 8.15. The van der Waals surface area contributed by atoms with E-state index in [0.29, 0.717) is 0 Å². The molecule has 1 saturated heterocycles. The molecule has 0 amide bonds. The quantitative estimate of drug-likeness (QED) is 0.280.